The van der Waals surface area contributed by atoms with E-state index in [9.17, 15) is 19.8 Å². The van der Waals surface area contributed by atoms with Crippen molar-refractivity contribution in [3.63, 3.8) is 0 Å². The van der Waals surface area contributed by atoms with Crippen LogP contribution in [0.1, 0.15) is 96.8 Å². The molecule has 0 spiro atoms. The van der Waals surface area contributed by atoms with E-state index in [1.807, 2.05) is 0 Å². The lowest BCUT2D eigenvalue weighted by atomic mass is 10.1. The summed E-state index contributed by atoms with van der Waals surface area (Å²) in [5.41, 5.74) is 0. The molecule has 0 aliphatic rings. The first kappa shape index (κ1) is 28.4. The number of allylic oxidation sites excluding steroid dienone is 2. The molecule has 1 amide bonds. The zero-order valence-electron chi connectivity index (χ0n) is 20.1. The van der Waals surface area contributed by atoms with E-state index in [0.29, 0.717) is 11.2 Å². The van der Waals surface area contributed by atoms with Gasteiger partial charge in [-0.3, -0.25) is 9.63 Å². The van der Waals surface area contributed by atoms with Crippen LogP contribution in [0.3, 0.4) is 0 Å². The molecule has 0 unspecified atom stereocenters. The molecule has 1 aromatic rings. The number of rotatable bonds is 19. The normalized spacial score (nSPS) is 11.1. The molecule has 0 saturated carbocycles. The molecule has 1 rings (SSSR count). The molecule has 1 aromatic heterocycles. The fourth-order valence-corrected chi connectivity index (χ4v) is 3.37. The lowest BCUT2D eigenvalue weighted by Crippen LogP contribution is -2.29. The van der Waals surface area contributed by atoms with E-state index >= 15 is 0 Å². The molecular weight excluding hydrogens is 424 g/mol. The van der Waals surface area contributed by atoms with Crippen molar-refractivity contribution in [3.8, 4) is 11.8 Å². The molecule has 188 valence electrons. The summed E-state index contributed by atoms with van der Waals surface area (Å²) in [7, 11) is 0. The van der Waals surface area contributed by atoms with Crippen molar-refractivity contribution in [2.75, 3.05) is 13.2 Å². The van der Waals surface area contributed by atoms with Gasteiger partial charge in [-0.15, -0.1) is 4.73 Å². The minimum absolute atomic E-state index is 0.0697. The summed E-state index contributed by atoms with van der Waals surface area (Å²) < 4.78 is 5.32. The van der Waals surface area contributed by atoms with Crippen LogP contribution >= 0.6 is 0 Å². The number of unbranched alkanes of at least 4 members (excludes halogenated alkanes) is 11. The van der Waals surface area contributed by atoms with E-state index in [1.54, 1.807) is 0 Å². The fraction of sp³-hybridized carbons (Fsp3) is 0.680. The average Bonchev–Trinajstić information content (AvgIpc) is 3.11. The van der Waals surface area contributed by atoms with Crippen LogP contribution in [0, 0.1) is 0 Å². The quantitative estimate of drug-likeness (QED) is 0.139. The summed E-state index contributed by atoms with van der Waals surface area (Å²) in [6, 6.07) is 2.33. The third kappa shape index (κ3) is 14.9. The van der Waals surface area contributed by atoms with Gasteiger partial charge in [0.2, 0.25) is 17.7 Å². The number of ether oxygens (including phenoxy) is 1. The number of aromatic nitrogens is 1. The van der Waals surface area contributed by atoms with Gasteiger partial charge in [-0.05, 0) is 32.1 Å². The number of aromatic hydroxyl groups is 2. The van der Waals surface area contributed by atoms with Crippen LogP contribution in [0.15, 0.2) is 24.3 Å². The van der Waals surface area contributed by atoms with Gasteiger partial charge in [-0.2, -0.15) is 0 Å². The van der Waals surface area contributed by atoms with Crippen LogP contribution in [0.4, 0.5) is 4.79 Å². The maximum Gasteiger partial charge on any atom is 0.534 e. The Morgan fingerprint density at radius 3 is 2.03 bits per heavy atom. The predicted octanol–water partition coefficient (Wildman–Crippen LogP) is 5.62. The molecule has 8 heteroatoms. The van der Waals surface area contributed by atoms with Crippen LogP contribution < -0.4 is 10.2 Å². The standard InChI is InChI=1S/C25H42N2O6/c1-2-3-4-5-6-7-8-9-10-11-12-13-14-15-16-17-22(28)26-20-21-32-25(31)33-27-23(29)18-19-24(27)30/h9-10,18-19,29-30H,2-8,11-17,20-21H2,1H3,(H,26,28). The fourth-order valence-electron chi connectivity index (χ4n) is 3.37. The number of nitrogens with zero attached hydrogens (tertiary/aromatic N) is 1. The van der Waals surface area contributed by atoms with Crippen LogP contribution in [-0.2, 0) is 9.53 Å². The Kier molecular flexibility index (Phi) is 16.2. The first-order valence-electron chi connectivity index (χ1n) is 12.4. The highest BCUT2D eigenvalue weighted by Crippen LogP contribution is 2.18. The van der Waals surface area contributed by atoms with Gasteiger partial charge in [0.1, 0.15) is 6.61 Å². The van der Waals surface area contributed by atoms with Crippen molar-refractivity contribution < 1.29 is 29.4 Å². The predicted molar refractivity (Wildman–Crippen MR) is 128 cm³/mol. The second kappa shape index (κ2) is 18.9. The van der Waals surface area contributed by atoms with E-state index in [-0.39, 0.29) is 19.1 Å². The molecule has 0 radical (unpaired) electrons. The second-order valence-corrected chi connectivity index (χ2v) is 8.22. The highest BCUT2D eigenvalue weighted by molar-refractivity contribution is 5.75. The Balaban J connectivity index is 1.87. The number of nitrogens with one attached hydrogen (secondary N) is 1. The van der Waals surface area contributed by atoms with Gasteiger partial charge in [-0.25, -0.2) is 4.79 Å². The Morgan fingerprint density at radius 2 is 1.42 bits per heavy atom. The summed E-state index contributed by atoms with van der Waals surface area (Å²) in [6.07, 6.45) is 19.8. The Labute approximate surface area is 197 Å². The zero-order chi connectivity index (χ0) is 24.2. The van der Waals surface area contributed by atoms with Gasteiger partial charge in [0, 0.05) is 18.6 Å². The van der Waals surface area contributed by atoms with Gasteiger partial charge in [0.05, 0.1) is 6.54 Å². The van der Waals surface area contributed by atoms with Crippen LogP contribution in [0.5, 0.6) is 11.8 Å². The van der Waals surface area contributed by atoms with Gasteiger partial charge in [0.25, 0.3) is 0 Å². The van der Waals surface area contributed by atoms with Gasteiger partial charge < -0.3 is 20.3 Å². The average molecular weight is 467 g/mol. The van der Waals surface area contributed by atoms with Crippen molar-refractivity contribution in [2.24, 2.45) is 0 Å². The van der Waals surface area contributed by atoms with Crippen LogP contribution in [0.2, 0.25) is 0 Å². The summed E-state index contributed by atoms with van der Waals surface area (Å²) >= 11 is 0. The highest BCUT2D eigenvalue weighted by Gasteiger charge is 2.13. The molecule has 33 heavy (non-hydrogen) atoms. The van der Waals surface area contributed by atoms with E-state index in [1.165, 1.54) is 57.8 Å². The van der Waals surface area contributed by atoms with E-state index in [2.05, 4.69) is 29.2 Å². The Morgan fingerprint density at radius 1 is 0.879 bits per heavy atom. The summed E-state index contributed by atoms with van der Waals surface area (Å²) in [4.78, 5) is 27.9. The number of carbonyl (C=O) groups excluding carboxylic acids is 2. The summed E-state index contributed by atoms with van der Waals surface area (Å²) in [5, 5.41) is 21.4. The van der Waals surface area contributed by atoms with E-state index in [4.69, 9.17) is 4.74 Å². The first-order valence-corrected chi connectivity index (χ1v) is 12.4. The lowest BCUT2D eigenvalue weighted by Gasteiger charge is -2.08. The maximum atomic E-state index is 11.8. The van der Waals surface area contributed by atoms with Crippen molar-refractivity contribution in [3.05, 3.63) is 24.3 Å². The molecule has 0 fully saturated rings. The third-order valence-electron chi connectivity index (χ3n) is 5.27. The Hall–Kier alpha value is -2.64. The molecule has 3 N–H and O–H groups in total. The third-order valence-corrected chi connectivity index (χ3v) is 5.27. The highest BCUT2D eigenvalue weighted by atomic mass is 16.8. The summed E-state index contributed by atoms with van der Waals surface area (Å²) in [5.74, 6) is -0.944. The molecule has 0 aromatic carbocycles. The van der Waals surface area contributed by atoms with Crippen LogP contribution in [-0.4, -0.2) is 40.2 Å². The monoisotopic (exact) mass is 466 g/mol. The summed E-state index contributed by atoms with van der Waals surface area (Å²) in [6.45, 7) is 2.35. The van der Waals surface area contributed by atoms with Gasteiger partial charge >= 0.3 is 6.16 Å². The lowest BCUT2D eigenvalue weighted by molar-refractivity contribution is -0.121. The van der Waals surface area contributed by atoms with Crippen molar-refractivity contribution in [1.29, 1.82) is 0 Å². The second-order valence-electron chi connectivity index (χ2n) is 8.22. The largest absolute Gasteiger partial charge is 0.534 e. The smallest absolute Gasteiger partial charge is 0.492 e. The van der Waals surface area contributed by atoms with Crippen LogP contribution in [0.25, 0.3) is 0 Å². The molecular formula is C25H42N2O6. The number of hydrogen-bond donors (Lipinski definition) is 3. The van der Waals surface area contributed by atoms with Crippen molar-refractivity contribution in [1.82, 2.24) is 10.0 Å². The Bertz CT molecular complexity index is 667. The number of hydrogen-bond acceptors (Lipinski definition) is 6. The molecule has 8 nitrogen and oxygen atoms in total. The van der Waals surface area contributed by atoms with E-state index in [0.717, 1.165) is 37.8 Å². The number of carbonyl (C=O) groups is 2. The molecule has 1 heterocycles. The maximum absolute atomic E-state index is 11.8. The minimum Gasteiger partial charge on any atom is -0.492 e. The molecule has 0 aliphatic carbocycles. The van der Waals surface area contributed by atoms with Gasteiger partial charge in [0.15, 0.2) is 0 Å². The minimum atomic E-state index is -1.09. The number of amides is 1. The SMILES string of the molecule is CCCCCCCCC=CCCCCCCCC(=O)NCCOC(=O)On1c(O)ccc1O. The topological polar surface area (TPSA) is 110 Å². The molecule has 0 atom stereocenters. The molecule has 0 saturated heterocycles. The molecule has 0 aliphatic heterocycles. The van der Waals surface area contributed by atoms with Crippen molar-refractivity contribution >= 4 is 12.1 Å². The van der Waals surface area contributed by atoms with Gasteiger partial charge in [-0.1, -0.05) is 70.4 Å². The van der Waals surface area contributed by atoms with Crippen molar-refractivity contribution in [2.45, 2.75) is 96.8 Å². The molecule has 0 bridgehead atoms. The first-order chi connectivity index (χ1) is 16.0. The van der Waals surface area contributed by atoms with E-state index < -0.39 is 17.9 Å². The zero-order valence-corrected chi connectivity index (χ0v) is 20.1.